The summed E-state index contributed by atoms with van der Waals surface area (Å²) >= 11 is 0. The highest BCUT2D eigenvalue weighted by Gasteiger charge is 2.25. The fourth-order valence-electron chi connectivity index (χ4n) is 3.12. The van der Waals surface area contributed by atoms with Crippen LogP contribution in [-0.4, -0.2) is 42.0 Å². The third-order valence-electron chi connectivity index (χ3n) is 4.40. The van der Waals surface area contributed by atoms with Gasteiger partial charge in [0.1, 0.15) is 0 Å². The average Bonchev–Trinajstić information content (AvgIpc) is 2.45. The molecule has 3 atom stereocenters. The van der Waals surface area contributed by atoms with Crippen LogP contribution in [0.3, 0.4) is 0 Å². The van der Waals surface area contributed by atoms with Gasteiger partial charge in [0.15, 0.2) is 0 Å². The van der Waals surface area contributed by atoms with Gasteiger partial charge in [-0.2, -0.15) is 0 Å². The first-order valence-electron chi connectivity index (χ1n) is 8.33. The van der Waals surface area contributed by atoms with Gasteiger partial charge >= 0.3 is 0 Å². The van der Waals surface area contributed by atoms with E-state index in [1.165, 1.54) is 57.8 Å². The quantitative estimate of drug-likeness (QED) is 0.847. The molecular weight excluding hydrogens is 270 g/mol. The summed E-state index contributed by atoms with van der Waals surface area (Å²) < 4.78 is 17.6. The lowest BCUT2D eigenvalue weighted by molar-refractivity contribution is 0.217. The lowest BCUT2D eigenvalue weighted by Crippen LogP contribution is -2.41. The van der Waals surface area contributed by atoms with E-state index in [9.17, 15) is 4.21 Å². The number of nitrogens with one attached hydrogen (secondary N) is 1. The summed E-state index contributed by atoms with van der Waals surface area (Å²) in [6, 6.07) is 0.409. The van der Waals surface area contributed by atoms with E-state index in [1.807, 2.05) is 7.05 Å². The third-order valence-corrected chi connectivity index (χ3v) is 6.21. The Kier molecular flexibility index (Phi) is 10.6. The van der Waals surface area contributed by atoms with Gasteiger partial charge in [-0.25, -0.2) is 0 Å². The zero-order valence-electron chi connectivity index (χ0n) is 13.4. The van der Waals surface area contributed by atoms with Gasteiger partial charge in [-0.1, -0.05) is 51.4 Å². The lowest BCUT2D eigenvalue weighted by atomic mass is 9.97. The zero-order valence-corrected chi connectivity index (χ0v) is 14.2. The predicted molar refractivity (Wildman–Crippen MR) is 87.7 cm³/mol. The molecule has 4 heteroatoms. The Bertz CT molecular complexity index is 261. The van der Waals surface area contributed by atoms with E-state index in [4.69, 9.17) is 4.74 Å². The minimum Gasteiger partial charge on any atom is -0.384 e. The fourth-order valence-corrected chi connectivity index (χ4v) is 4.82. The van der Waals surface area contributed by atoms with E-state index >= 15 is 0 Å². The second kappa shape index (κ2) is 11.7. The molecule has 3 nitrogen and oxygen atoms in total. The van der Waals surface area contributed by atoms with E-state index in [0.29, 0.717) is 23.7 Å². The second-order valence-corrected chi connectivity index (χ2v) is 7.69. The van der Waals surface area contributed by atoms with Crippen molar-refractivity contribution in [2.45, 2.75) is 75.5 Å². The maximum Gasteiger partial charge on any atom is 0.0577 e. The van der Waals surface area contributed by atoms with Crippen LogP contribution in [-0.2, 0) is 15.5 Å². The highest BCUT2D eigenvalue weighted by molar-refractivity contribution is 7.85. The number of hydrogen-bond donors (Lipinski definition) is 1. The summed E-state index contributed by atoms with van der Waals surface area (Å²) in [5, 5.41) is 3.73. The van der Waals surface area contributed by atoms with E-state index in [-0.39, 0.29) is 0 Å². The Balaban J connectivity index is 2.57. The van der Waals surface area contributed by atoms with Gasteiger partial charge in [0.05, 0.1) is 11.9 Å². The van der Waals surface area contributed by atoms with Crippen molar-refractivity contribution in [3.8, 4) is 0 Å². The van der Waals surface area contributed by atoms with Crippen LogP contribution < -0.4 is 5.32 Å². The number of methoxy groups -OCH3 is 1. The van der Waals surface area contributed by atoms with Crippen LogP contribution in [0.4, 0.5) is 0 Å². The molecule has 120 valence electrons. The van der Waals surface area contributed by atoms with Gasteiger partial charge in [0, 0.05) is 29.7 Å². The molecule has 3 unspecified atom stereocenters. The molecule has 0 radical (unpaired) electrons. The monoisotopic (exact) mass is 303 g/mol. The van der Waals surface area contributed by atoms with E-state index < -0.39 is 10.8 Å². The fraction of sp³-hybridized carbons (Fsp3) is 1.00. The summed E-state index contributed by atoms with van der Waals surface area (Å²) in [6.07, 6.45) is 12.9. The van der Waals surface area contributed by atoms with E-state index in [0.717, 1.165) is 6.42 Å². The average molecular weight is 304 g/mol. The number of hydrogen-bond acceptors (Lipinski definition) is 3. The summed E-state index contributed by atoms with van der Waals surface area (Å²) in [5.41, 5.74) is 0. The Labute approximate surface area is 127 Å². The smallest absolute Gasteiger partial charge is 0.0577 e. The molecule has 1 N–H and O–H groups in total. The van der Waals surface area contributed by atoms with Crippen molar-refractivity contribution in [1.29, 1.82) is 0 Å². The van der Waals surface area contributed by atoms with Crippen LogP contribution in [0.5, 0.6) is 0 Å². The van der Waals surface area contributed by atoms with Gasteiger partial charge in [0.2, 0.25) is 0 Å². The molecular formula is C16H33NO2S. The number of rotatable bonds is 5. The molecule has 0 heterocycles. The van der Waals surface area contributed by atoms with Crippen molar-refractivity contribution in [3.05, 3.63) is 0 Å². The molecule has 0 aromatic rings. The number of ether oxygens (including phenoxy) is 1. The first kappa shape index (κ1) is 18.1. The van der Waals surface area contributed by atoms with E-state index in [2.05, 4.69) is 5.32 Å². The maximum absolute atomic E-state index is 12.5. The van der Waals surface area contributed by atoms with Crippen LogP contribution in [0.2, 0.25) is 0 Å². The Hall–Kier alpha value is 0.0700. The van der Waals surface area contributed by atoms with Gasteiger partial charge in [-0.3, -0.25) is 4.21 Å². The predicted octanol–water partition coefficient (Wildman–Crippen LogP) is 3.25. The van der Waals surface area contributed by atoms with Crippen LogP contribution in [0.15, 0.2) is 0 Å². The minimum absolute atomic E-state index is 0.301. The Morgan fingerprint density at radius 1 is 1.00 bits per heavy atom. The van der Waals surface area contributed by atoms with E-state index in [1.54, 1.807) is 7.11 Å². The summed E-state index contributed by atoms with van der Waals surface area (Å²) in [7, 11) is 2.95. The van der Waals surface area contributed by atoms with Gasteiger partial charge in [-0.15, -0.1) is 0 Å². The highest BCUT2D eigenvalue weighted by atomic mass is 32.2. The molecule has 0 amide bonds. The van der Waals surface area contributed by atoms with Crippen LogP contribution in [0.25, 0.3) is 0 Å². The molecule has 1 fully saturated rings. The molecule has 1 aliphatic rings. The van der Waals surface area contributed by atoms with Gasteiger partial charge < -0.3 is 10.1 Å². The first-order valence-corrected chi connectivity index (χ1v) is 9.71. The largest absolute Gasteiger partial charge is 0.384 e. The lowest BCUT2D eigenvalue weighted by Gasteiger charge is -2.27. The molecule has 0 aromatic heterocycles. The Morgan fingerprint density at radius 3 is 2.10 bits per heavy atom. The standard InChI is InChI=1S/C16H33NO2S/c1-17-15-11-9-7-5-3-4-6-8-10-12-16(15)20(18)14-13-19-2/h15-17H,3-14H2,1-2H3. The first-order chi connectivity index (χ1) is 9.79. The van der Waals surface area contributed by atoms with Crippen molar-refractivity contribution in [1.82, 2.24) is 5.32 Å². The van der Waals surface area contributed by atoms with Crippen molar-refractivity contribution in [3.63, 3.8) is 0 Å². The molecule has 1 aliphatic carbocycles. The maximum atomic E-state index is 12.5. The van der Waals surface area contributed by atoms with Crippen LogP contribution in [0.1, 0.15) is 64.2 Å². The molecule has 1 rings (SSSR count). The topological polar surface area (TPSA) is 38.3 Å². The zero-order chi connectivity index (χ0) is 14.6. The van der Waals surface area contributed by atoms with Crippen molar-refractivity contribution in [2.75, 3.05) is 26.5 Å². The van der Waals surface area contributed by atoms with Crippen molar-refractivity contribution in [2.24, 2.45) is 0 Å². The molecule has 0 saturated heterocycles. The molecule has 0 spiro atoms. The molecule has 20 heavy (non-hydrogen) atoms. The Morgan fingerprint density at radius 2 is 1.55 bits per heavy atom. The molecule has 0 bridgehead atoms. The third kappa shape index (κ3) is 7.19. The molecule has 1 saturated carbocycles. The molecule has 0 aromatic carbocycles. The highest BCUT2D eigenvalue weighted by Crippen LogP contribution is 2.20. The van der Waals surface area contributed by atoms with Crippen molar-refractivity contribution < 1.29 is 8.95 Å². The summed E-state index contributed by atoms with van der Waals surface area (Å²) in [6.45, 7) is 0.611. The minimum atomic E-state index is -0.766. The SMILES string of the molecule is CNC1CCCCCCCCCCC1S(=O)CCOC. The summed E-state index contributed by atoms with van der Waals surface area (Å²) in [5.74, 6) is 0.680. The van der Waals surface area contributed by atoms with Crippen molar-refractivity contribution >= 4 is 10.8 Å². The van der Waals surface area contributed by atoms with Crippen LogP contribution >= 0.6 is 0 Å². The van der Waals surface area contributed by atoms with Gasteiger partial charge in [-0.05, 0) is 19.9 Å². The second-order valence-electron chi connectivity index (χ2n) is 5.92. The van der Waals surface area contributed by atoms with Gasteiger partial charge in [0.25, 0.3) is 0 Å². The van der Waals surface area contributed by atoms with Crippen LogP contribution in [0, 0.1) is 0 Å². The molecule has 0 aliphatic heterocycles. The normalized spacial score (nSPS) is 28.3. The summed E-state index contributed by atoms with van der Waals surface area (Å²) in [4.78, 5) is 0.